The summed E-state index contributed by atoms with van der Waals surface area (Å²) in [6.07, 6.45) is 2.14. The molecule has 0 aliphatic heterocycles. The van der Waals surface area contributed by atoms with Crippen LogP contribution in [0.25, 0.3) is 0 Å². The summed E-state index contributed by atoms with van der Waals surface area (Å²) >= 11 is 0. The number of aryl methyl sites for hydroxylation is 1. The molecular weight excluding hydrogens is 350 g/mol. The predicted octanol–water partition coefficient (Wildman–Crippen LogP) is 4.53. The van der Waals surface area contributed by atoms with E-state index in [9.17, 15) is 9.59 Å². The van der Waals surface area contributed by atoms with Gasteiger partial charge in [-0.3, -0.25) is 4.79 Å². The van der Waals surface area contributed by atoms with E-state index in [4.69, 9.17) is 4.74 Å². The molecule has 2 unspecified atom stereocenters. The normalized spacial score (nSPS) is 18.9. The molecule has 0 fully saturated rings. The van der Waals surface area contributed by atoms with Crippen LogP contribution in [-0.4, -0.2) is 30.9 Å². The first-order valence-electron chi connectivity index (χ1n) is 9.81. The van der Waals surface area contributed by atoms with Crippen molar-refractivity contribution in [3.05, 3.63) is 70.8 Å². The molecule has 0 bridgehead atoms. The molecule has 0 saturated heterocycles. The Balaban J connectivity index is 1.89. The molecule has 2 atom stereocenters. The third-order valence-electron chi connectivity index (χ3n) is 6.08. The number of ether oxygens (including phenoxy) is 1. The lowest BCUT2D eigenvalue weighted by molar-refractivity contribution is -0.138. The second kappa shape index (κ2) is 7.78. The van der Waals surface area contributed by atoms with Gasteiger partial charge in [-0.05, 0) is 61.4 Å². The molecule has 0 radical (unpaired) electrons. The van der Waals surface area contributed by atoms with E-state index in [2.05, 4.69) is 31.2 Å². The largest absolute Gasteiger partial charge is 0.465 e. The van der Waals surface area contributed by atoms with Gasteiger partial charge in [-0.1, -0.05) is 43.3 Å². The summed E-state index contributed by atoms with van der Waals surface area (Å²) in [4.78, 5) is 27.1. The number of carbonyl (C=O) groups excluding carboxylic acids is 2. The van der Waals surface area contributed by atoms with Gasteiger partial charge < -0.3 is 9.64 Å². The Morgan fingerprint density at radius 1 is 1.07 bits per heavy atom. The summed E-state index contributed by atoms with van der Waals surface area (Å²) in [5.74, 6) is 0.105. The summed E-state index contributed by atoms with van der Waals surface area (Å²) in [6, 6.07) is 15.6. The fourth-order valence-electron chi connectivity index (χ4n) is 4.32. The van der Waals surface area contributed by atoms with Crippen molar-refractivity contribution in [2.24, 2.45) is 5.92 Å². The molecule has 0 saturated carbocycles. The highest BCUT2D eigenvalue weighted by atomic mass is 16.5. The number of likely N-dealkylation sites (N-methyl/N-ethyl adjacent to an activating group) is 1. The van der Waals surface area contributed by atoms with Crippen molar-refractivity contribution in [2.45, 2.75) is 45.1 Å². The number of benzene rings is 2. The Hall–Kier alpha value is -2.62. The van der Waals surface area contributed by atoms with Crippen molar-refractivity contribution in [1.82, 2.24) is 4.90 Å². The summed E-state index contributed by atoms with van der Waals surface area (Å²) in [5.41, 5.74) is 3.26. The number of methoxy groups -OCH3 is 1. The second-order valence-corrected chi connectivity index (χ2v) is 8.27. The molecule has 1 amide bonds. The zero-order chi connectivity index (χ0) is 20.5. The molecule has 0 aromatic heterocycles. The molecule has 2 aromatic rings. The van der Waals surface area contributed by atoms with Gasteiger partial charge in [0.1, 0.15) is 0 Å². The lowest BCUT2D eigenvalue weighted by Crippen LogP contribution is -2.45. The number of nitrogens with zero attached hydrogens (tertiary/aromatic N) is 1. The standard InChI is InChI=1S/C24H29NO3/c1-16-10-11-17-8-6-7-9-20(17)21(16)25(4)23(27)24(2,3)19-14-12-18(13-15-19)22(26)28-5/h6-9,12-16,21H,10-11H2,1-5H3. The first-order chi connectivity index (χ1) is 13.3. The molecule has 3 rings (SSSR count). The van der Waals surface area contributed by atoms with Crippen LogP contribution in [0.5, 0.6) is 0 Å². The first kappa shape index (κ1) is 20.1. The van der Waals surface area contributed by atoms with E-state index in [0.29, 0.717) is 11.5 Å². The minimum Gasteiger partial charge on any atom is -0.465 e. The molecule has 1 aliphatic carbocycles. The fraction of sp³-hybridized carbons (Fsp3) is 0.417. The number of fused-ring (bicyclic) bond motifs is 1. The van der Waals surface area contributed by atoms with E-state index < -0.39 is 5.41 Å². The van der Waals surface area contributed by atoms with Crippen molar-refractivity contribution in [1.29, 1.82) is 0 Å². The van der Waals surface area contributed by atoms with Crippen molar-refractivity contribution >= 4 is 11.9 Å². The van der Waals surface area contributed by atoms with E-state index in [-0.39, 0.29) is 17.9 Å². The zero-order valence-corrected chi connectivity index (χ0v) is 17.4. The summed E-state index contributed by atoms with van der Waals surface area (Å²) in [6.45, 7) is 6.11. The third kappa shape index (κ3) is 3.56. The lowest BCUT2D eigenvalue weighted by atomic mass is 9.77. The second-order valence-electron chi connectivity index (χ2n) is 8.27. The van der Waals surface area contributed by atoms with E-state index in [1.807, 2.05) is 37.9 Å². The van der Waals surface area contributed by atoms with Crippen LogP contribution in [0.1, 0.15) is 60.3 Å². The van der Waals surface area contributed by atoms with Crippen LogP contribution in [0.2, 0.25) is 0 Å². The maximum Gasteiger partial charge on any atom is 0.337 e. The molecule has 148 valence electrons. The maximum absolute atomic E-state index is 13.5. The highest BCUT2D eigenvalue weighted by Crippen LogP contribution is 2.40. The van der Waals surface area contributed by atoms with Crippen LogP contribution in [-0.2, 0) is 21.4 Å². The molecule has 0 heterocycles. The monoisotopic (exact) mass is 379 g/mol. The first-order valence-corrected chi connectivity index (χ1v) is 9.81. The number of carbonyl (C=O) groups is 2. The zero-order valence-electron chi connectivity index (χ0n) is 17.4. The van der Waals surface area contributed by atoms with E-state index >= 15 is 0 Å². The third-order valence-corrected chi connectivity index (χ3v) is 6.08. The molecule has 28 heavy (non-hydrogen) atoms. The van der Waals surface area contributed by atoms with Crippen LogP contribution in [0, 0.1) is 5.92 Å². The quantitative estimate of drug-likeness (QED) is 0.733. The smallest absolute Gasteiger partial charge is 0.337 e. The predicted molar refractivity (Wildman–Crippen MR) is 110 cm³/mol. The Morgan fingerprint density at radius 3 is 2.36 bits per heavy atom. The number of hydrogen-bond donors (Lipinski definition) is 0. The summed E-state index contributed by atoms with van der Waals surface area (Å²) in [7, 11) is 3.28. The number of hydrogen-bond acceptors (Lipinski definition) is 3. The minimum atomic E-state index is -0.699. The van der Waals surface area contributed by atoms with Crippen LogP contribution in [0.3, 0.4) is 0 Å². The van der Waals surface area contributed by atoms with E-state index in [0.717, 1.165) is 18.4 Å². The van der Waals surface area contributed by atoms with Crippen molar-refractivity contribution < 1.29 is 14.3 Å². The molecule has 2 aromatic carbocycles. The van der Waals surface area contributed by atoms with Gasteiger partial charge >= 0.3 is 5.97 Å². The van der Waals surface area contributed by atoms with Crippen molar-refractivity contribution in [3.8, 4) is 0 Å². The topological polar surface area (TPSA) is 46.6 Å². The lowest BCUT2D eigenvalue weighted by Gasteiger charge is -2.41. The average molecular weight is 380 g/mol. The number of rotatable bonds is 4. The average Bonchev–Trinajstić information content (AvgIpc) is 2.72. The van der Waals surface area contributed by atoms with Crippen LogP contribution in [0.4, 0.5) is 0 Å². The highest BCUT2D eigenvalue weighted by Gasteiger charge is 2.38. The molecule has 1 aliphatic rings. The molecule has 4 nitrogen and oxygen atoms in total. The van der Waals surface area contributed by atoms with Gasteiger partial charge in [-0.15, -0.1) is 0 Å². The SMILES string of the molecule is COC(=O)c1ccc(C(C)(C)C(=O)N(C)C2c3ccccc3CCC2C)cc1. The Kier molecular flexibility index (Phi) is 5.59. The Morgan fingerprint density at radius 2 is 1.71 bits per heavy atom. The number of esters is 1. The Labute approximate surface area is 167 Å². The van der Waals surface area contributed by atoms with Gasteiger partial charge in [0.15, 0.2) is 0 Å². The van der Waals surface area contributed by atoms with Crippen LogP contribution >= 0.6 is 0 Å². The summed E-state index contributed by atoms with van der Waals surface area (Å²) < 4.78 is 4.76. The van der Waals surface area contributed by atoms with E-state index in [1.54, 1.807) is 12.1 Å². The Bertz CT molecular complexity index is 870. The van der Waals surface area contributed by atoms with E-state index in [1.165, 1.54) is 18.2 Å². The number of amides is 1. The minimum absolute atomic E-state index is 0.0751. The van der Waals surface area contributed by atoms with Gasteiger partial charge in [-0.2, -0.15) is 0 Å². The van der Waals surface area contributed by atoms with Gasteiger partial charge in [-0.25, -0.2) is 4.79 Å². The van der Waals surface area contributed by atoms with Crippen LogP contribution < -0.4 is 0 Å². The molecule has 4 heteroatoms. The molecule has 0 spiro atoms. The fourth-order valence-corrected chi connectivity index (χ4v) is 4.32. The van der Waals surface area contributed by atoms with Crippen molar-refractivity contribution in [3.63, 3.8) is 0 Å². The van der Waals surface area contributed by atoms with Gasteiger partial charge in [0.2, 0.25) is 5.91 Å². The molecular formula is C24H29NO3. The maximum atomic E-state index is 13.5. The summed E-state index contributed by atoms with van der Waals surface area (Å²) in [5, 5.41) is 0. The van der Waals surface area contributed by atoms with Gasteiger partial charge in [0.05, 0.1) is 24.1 Å². The highest BCUT2D eigenvalue weighted by molar-refractivity contribution is 5.90. The van der Waals surface area contributed by atoms with Crippen LogP contribution in [0.15, 0.2) is 48.5 Å². The van der Waals surface area contributed by atoms with Gasteiger partial charge in [0, 0.05) is 7.05 Å². The van der Waals surface area contributed by atoms with Crippen molar-refractivity contribution in [2.75, 3.05) is 14.2 Å². The van der Waals surface area contributed by atoms with Gasteiger partial charge in [0.25, 0.3) is 0 Å². The molecule has 0 N–H and O–H groups in total.